The molecule has 0 aromatic heterocycles. The minimum atomic E-state index is -0.00824. The van der Waals surface area contributed by atoms with Crippen molar-refractivity contribution in [2.24, 2.45) is 0 Å². The van der Waals surface area contributed by atoms with Crippen molar-refractivity contribution in [2.75, 3.05) is 34.3 Å². The van der Waals surface area contributed by atoms with Gasteiger partial charge in [0, 0.05) is 12.8 Å². The molecule has 0 unspecified atom stereocenters. The van der Waals surface area contributed by atoms with Gasteiger partial charge in [0.15, 0.2) is 0 Å². The molecule has 0 aliphatic heterocycles. The van der Waals surface area contributed by atoms with Gasteiger partial charge in [0.05, 0.1) is 34.3 Å². The number of rotatable bonds is 20. The SMILES string of the molecule is CCCCCCCCCCCCCCCCCC(=O)OCCC[N+](C)(C)C.[I-]. The van der Waals surface area contributed by atoms with Crippen LogP contribution in [0, 0.1) is 0 Å². The van der Waals surface area contributed by atoms with Crippen molar-refractivity contribution in [3.63, 3.8) is 0 Å². The van der Waals surface area contributed by atoms with E-state index in [-0.39, 0.29) is 29.9 Å². The minimum absolute atomic E-state index is 0. The monoisotopic (exact) mass is 511 g/mol. The van der Waals surface area contributed by atoms with E-state index in [9.17, 15) is 4.79 Å². The normalized spacial score (nSPS) is 11.3. The fraction of sp³-hybridized carbons (Fsp3) is 0.958. The second kappa shape index (κ2) is 21.9. The highest BCUT2D eigenvalue weighted by molar-refractivity contribution is 5.69. The molecule has 0 spiro atoms. The summed E-state index contributed by atoms with van der Waals surface area (Å²) in [6.45, 7) is 3.91. The maximum atomic E-state index is 11.7. The number of hydrogen-bond donors (Lipinski definition) is 0. The van der Waals surface area contributed by atoms with E-state index < -0.39 is 0 Å². The van der Waals surface area contributed by atoms with Crippen molar-refractivity contribution in [3.8, 4) is 0 Å². The second-order valence-corrected chi connectivity index (χ2v) is 9.29. The molecule has 0 saturated heterocycles. The molecule has 3 nitrogen and oxygen atoms in total. The molecular formula is C24H50INO2. The van der Waals surface area contributed by atoms with E-state index in [1.165, 1.54) is 89.9 Å². The number of carbonyl (C=O) groups is 1. The van der Waals surface area contributed by atoms with Crippen molar-refractivity contribution in [1.82, 2.24) is 0 Å². The number of quaternary nitrogens is 1. The molecule has 0 amide bonds. The minimum Gasteiger partial charge on any atom is -1.00 e. The Balaban J connectivity index is 0. The molecule has 0 rings (SSSR count). The summed E-state index contributed by atoms with van der Waals surface area (Å²) in [6, 6.07) is 0. The zero-order chi connectivity index (χ0) is 20.2. The number of esters is 1. The van der Waals surface area contributed by atoms with Crippen LogP contribution in [0.15, 0.2) is 0 Å². The predicted molar refractivity (Wildman–Crippen MR) is 118 cm³/mol. The van der Waals surface area contributed by atoms with E-state index in [0.717, 1.165) is 23.9 Å². The van der Waals surface area contributed by atoms with Gasteiger partial charge >= 0.3 is 5.97 Å². The van der Waals surface area contributed by atoms with Crippen LogP contribution < -0.4 is 24.0 Å². The summed E-state index contributed by atoms with van der Waals surface area (Å²) in [5.74, 6) is -0.00824. The van der Waals surface area contributed by atoms with Crippen LogP contribution in [0.1, 0.15) is 116 Å². The molecule has 28 heavy (non-hydrogen) atoms. The Morgan fingerprint density at radius 3 is 1.43 bits per heavy atom. The quantitative estimate of drug-likeness (QED) is 0.107. The third kappa shape index (κ3) is 26.2. The van der Waals surface area contributed by atoms with Crippen molar-refractivity contribution >= 4 is 5.97 Å². The maximum Gasteiger partial charge on any atom is 0.305 e. The molecule has 0 atom stereocenters. The molecule has 0 aromatic rings. The van der Waals surface area contributed by atoms with Gasteiger partial charge in [-0.2, -0.15) is 0 Å². The summed E-state index contributed by atoms with van der Waals surface area (Å²) in [7, 11) is 6.49. The first-order chi connectivity index (χ1) is 13.0. The third-order valence-corrected chi connectivity index (χ3v) is 5.22. The lowest BCUT2D eigenvalue weighted by Gasteiger charge is -2.23. The van der Waals surface area contributed by atoms with Crippen LogP contribution >= 0.6 is 0 Å². The van der Waals surface area contributed by atoms with Crippen LogP contribution in [-0.2, 0) is 9.53 Å². The zero-order valence-corrected chi connectivity index (χ0v) is 21.7. The molecule has 0 aliphatic carbocycles. The Bertz CT molecular complexity index is 329. The molecule has 0 N–H and O–H groups in total. The Hall–Kier alpha value is 0.160. The Morgan fingerprint density at radius 1 is 0.643 bits per heavy atom. The average molecular weight is 512 g/mol. The van der Waals surface area contributed by atoms with Gasteiger partial charge in [-0.15, -0.1) is 0 Å². The topological polar surface area (TPSA) is 26.3 Å². The number of ether oxygens (including phenoxy) is 1. The first-order valence-corrected chi connectivity index (χ1v) is 11.9. The number of carbonyl (C=O) groups excluding carboxylic acids is 1. The molecule has 170 valence electrons. The van der Waals surface area contributed by atoms with Crippen LogP contribution in [0.5, 0.6) is 0 Å². The molecule has 0 fully saturated rings. The zero-order valence-electron chi connectivity index (χ0n) is 19.6. The molecular weight excluding hydrogens is 461 g/mol. The molecule has 0 saturated carbocycles. The van der Waals surface area contributed by atoms with E-state index in [0.29, 0.717) is 13.0 Å². The van der Waals surface area contributed by atoms with Crippen LogP contribution in [0.3, 0.4) is 0 Å². The van der Waals surface area contributed by atoms with Crippen LogP contribution in [0.4, 0.5) is 0 Å². The fourth-order valence-electron chi connectivity index (χ4n) is 3.44. The van der Waals surface area contributed by atoms with Crippen molar-refractivity contribution in [1.29, 1.82) is 0 Å². The molecule has 0 heterocycles. The van der Waals surface area contributed by atoms with Gasteiger partial charge in [-0.1, -0.05) is 96.8 Å². The number of hydrogen-bond acceptors (Lipinski definition) is 2. The van der Waals surface area contributed by atoms with Gasteiger partial charge in [-0.05, 0) is 6.42 Å². The highest BCUT2D eigenvalue weighted by Crippen LogP contribution is 2.13. The number of unbranched alkanes of at least 4 members (excludes halogenated alkanes) is 14. The van der Waals surface area contributed by atoms with E-state index in [1.54, 1.807) is 0 Å². The largest absolute Gasteiger partial charge is 1.00 e. The van der Waals surface area contributed by atoms with Gasteiger partial charge in [-0.25, -0.2) is 0 Å². The number of halogens is 1. The van der Waals surface area contributed by atoms with Gasteiger partial charge in [0.2, 0.25) is 0 Å². The Kier molecular flexibility index (Phi) is 23.7. The smallest absolute Gasteiger partial charge is 0.305 e. The molecule has 4 heteroatoms. The highest BCUT2D eigenvalue weighted by Gasteiger charge is 2.07. The maximum absolute atomic E-state index is 11.7. The summed E-state index contributed by atoms with van der Waals surface area (Å²) < 4.78 is 6.23. The lowest BCUT2D eigenvalue weighted by molar-refractivity contribution is -0.870. The molecule has 0 bridgehead atoms. The first-order valence-electron chi connectivity index (χ1n) is 11.9. The van der Waals surface area contributed by atoms with Gasteiger partial charge in [0.25, 0.3) is 0 Å². The first kappa shape index (κ1) is 30.4. The van der Waals surface area contributed by atoms with Crippen LogP contribution in [-0.4, -0.2) is 44.7 Å². The summed E-state index contributed by atoms with van der Waals surface area (Å²) in [6.07, 6.45) is 21.9. The molecule has 0 aromatic carbocycles. The fourth-order valence-corrected chi connectivity index (χ4v) is 3.44. The van der Waals surface area contributed by atoms with Crippen LogP contribution in [0.2, 0.25) is 0 Å². The van der Waals surface area contributed by atoms with Gasteiger partial charge < -0.3 is 33.2 Å². The van der Waals surface area contributed by atoms with Crippen molar-refractivity contribution in [2.45, 2.75) is 116 Å². The highest BCUT2D eigenvalue weighted by atomic mass is 127. The third-order valence-electron chi connectivity index (χ3n) is 5.22. The standard InChI is InChI=1S/C24H50NO2.HI/c1-5-6-7-8-9-10-11-12-13-14-15-16-17-18-19-21-24(26)27-23-20-22-25(2,3)4;/h5-23H2,1-4H3;1H/q+1;/p-1. The lowest BCUT2D eigenvalue weighted by Crippen LogP contribution is -3.00. The summed E-state index contributed by atoms with van der Waals surface area (Å²) in [4.78, 5) is 11.7. The van der Waals surface area contributed by atoms with Crippen LogP contribution in [0.25, 0.3) is 0 Å². The number of nitrogens with zero attached hydrogens (tertiary/aromatic N) is 1. The average Bonchev–Trinajstić information content (AvgIpc) is 2.61. The van der Waals surface area contributed by atoms with E-state index >= 15 is 0 Å². The van der Waals surface area contributed by atoms with Crippen molar-refractivity contribution < 1.29 is 38.0 Å². The Morgan fingerprint density at radius 2 is 1.04 bits per heavy atom. The van der Waals surface area contributed by atoms with E-state index in [2.05, 4.69) is 28.1 Å². The van der Waals surface area contributed by atoms with Crippen molar-refractivity contribution in [3.05, 3.63) is 0 Å². The Labute approximate surface area is 194 Å². The summed E-state index contributed by atoms with van der Waals surface area (Å²) >= 11 is 0. The van der Waals surface area contributed by atoms with E-state index in [1.807, 2.05) is 0 Å². The van der Waals surface area contributed by atoms with Gasteiger partial charge in [0.1, 0.15) is 0 Å². The summed E-state index contributed by atoms with van der Waals surface area (Å²) in [5, 5.41) is 0. The lowest BCUT2D eigenvalue weighted by atomic mass is 10.0. The van der Waals surface area contributed by atoms with Gasteiger partial charge in [-0.3, -0.25) is 4.79 Å². The summed E-state index contributed by atoms with van der Waals surface area (Å²) in [5.41, 5.74) is 0. The van der Waals surface area contributed by atoms with E-state index in [4.69, 9.17) is 4.74 Å². The second-order valence-electron chi connectivity index (χ2n) is 9.29. The predicted octanol–water partition coefficient (Wildman–Crippen LogP) is 3.89. The molecule has 0 aliphatic rings. The molecule has 0 radical (unpaired) electrons.